The molecule has 0 aliphatic heterocycles. The van der Waals surface area contributed by atoms with Gasteiger partial charge in [-0.05, 0) is 50.3 Å². The molecule has 35 heavy (non-hydrogen) atoms. The van der Waals surface area contributed by atoms with Gasteiger partial charge in [0.15, 0.2) is 9.84 Å². The number of sulfone groups is 1. The maximum atomic E-state index is 13.1. The molecule has 0 radical (unpaired) electrons. The lowest BCUT2D eigenvalue weighted by Gasteiger charge is -2.13. The molecule has 0 aliphatic carbocycles. The van der Waals surface area contributed by atoms with Crippen molar-refractivity contribution in [1.82, 2.24) is 15.6 Å². The summed E-state index contributed by atoms with van der Waals surface area (Å²) in [6.07, 6.45) is 3.06. The average molecular weight is 539 g/mol. The van der Waals surface area contributed by atoms with Gasteiger partial charge in [0.05, 0.1) is 10.6 Å². The van der Waals surface area contributed by atoms with Crippen LogP contribution in [-0.2, 0) is 28.6 Å². The van der Waals surface area contributed by atoms with Crippen molar-refractivity contribution in [3.05, 3.63) is 45.4 Å². The van der Waals surface area contributed by atoms with Crippen LogP contribution in [0.1, 0.15) is 61.7 Å². The summed E-state index contributed by atoms with van der Waals surface area (Å²) in [6, 6.07) is 7.14. The van der Waals surface area contributed by atoms with Crippen molar-refractivity contribution in [2.24, 2.45) is 10.9 Å². The highest BCUT2D eigenvalue weighted by Crippen LogP contribution is 2.23. The lowest BCUT2D eigenvalue weighted by atomic mass is 10.1. The SMILES string of the molecule is CCCNCc1nc(CSCCNC(CS(=O)(=O)c2ccccc2C)=NCCC(C)C)c(CC)s1. The number of thiazole rings is 1. The monoisotopic (exact) mass is 538 g/mol. The normalized spacial score (nSPS) is 12.5. The quantitative estimate of drug-likeness (QED) is 0.172. The van der Waals surface area contributed by atoms with Crippen molar-refractivity contribution in [3.63, 3.8) is 0 Å². The number of thioether (sulfide) groups is 1. The van der Waals surface area contributed by atoms with Crippen LogP contribution in [0.15, 0.2) is 34.2 Å². The topological polar surface area (TPSA) is 83.5 Å². The van der Waals surface area contributed by atoms with Crippen molar-refractivity contribution < 1.29 is 8.42 Å². The molecule has 0 bridgehead atoms. The fourth-order valence-corrected chi connectivity index (χ4v) is 6.95. The molecule has 0 saturated heterocycles. The number of amidine groups is 1. The summed E-state index contributed by atoms with van der Waals surface area (Å²) in [6.45, 7) is 13.6. The molecule has 0 unspecified atom stereocenters. The minimum Gasteiger partial charge on any atom is -0.372 e. The number of hydrogen-bond donors (Lipinski definition) is 2. The average Bonchev–Trinajstić information content (AvgIpc) is 3.20. The molecular formula is C26H42N4O2S3. The molecule has 0 atom stereocenters. The Balaban J connectivity index is 1.93. The van der Waals surface area contributed by atoms with Crippen molar-refractivity contribution >= 4 is 38.8 Å². The lowest BCUT2D eigenvalue weighted by molar-refractivity contribution is 0.594. The van der Waals surface area contributed by atoms with Gasteiger partial charge in [-0.2, -0.15) is 11.8 Å². The second-order valence-electron chi connectivity index (χ2n) is 9.02. The first-order chi connectivity index (χ1) is 16.8. The summed E-state index contributed by atoms with van der Waals surface area (Å²) >= 11 is 3.63. The fourth-order valence-electron chi connectivity index (χ4n) is 3.48. The predicted octanol–water partition coefficient (Wildman–Crippen LogP) is 5.25. The fraction of sp³-hybridized carbons (Fsp3) is 0.615. The zero-order valence-electron chi connectivity index (χ0n) is 21.9. The largest absolute Gasteiger partial charge is 0.372 e. The number of nitrogens with one attached hydrogen (secondary N) is 2. The molecule has 0 aliphatic rings. The van der Waals surface area contributed by atoms with Gasteiger partial charge in [-0.1, -0.05) is 45.9 Å². The number of aliphatic imine (C=N–C) groups is 1. The Morgan fingerprint density at radius 1 is 1.20 bits per heavy atom. The van der Waals surface area contributed by atoms with E-state index >= 15 is 0 Å². The molecule has 1 aromatic carbocycles. The lowest BCUT2D eigenvalue weighted by Crippen LogP contribution is -2.33. The van der Waals surface area contributed by atoms with E-state index in [0.717, 1.165) is 54.4 Å². The van der Waals surface area contributed by atoms with Crippen LogP contribution < -0.4 is 10.6 Å². The third-order valence-corrected chi connectivity index (χ3v) is 9.42. The highest BCUT2D eigenvalue weighted by atomic mass is 32.2. The second kappa shape index (κ2) is 15.6. The summed E-state index contributed by atoms with van der Waals surface area (Å²) in [5.41, 5.74) is 1.95. The molecule has 196 valence electrons. The number of rotatable bonds is 16. The molecular weight excluding hydrogens is 497 g/mol. The predicted molar refractivity (Wildman–Crippen MR) is 153 cm³/mol. The van der Waals surface area contributed by atoms with E-state index in [1.165, 1.54) is 10.6 Å². The van der Waals surface area contributed by atoms with E-state index in [4.69, 9.17) is 4.98 Å². The summed E-state index contributed by atoms with van der Waals surface area (Å²) in [7, 11) is -3.46. The van der Waals surface area contributed by atoms with E-state index in [9.17, 15) is 8.42 Å². The molecule has 6 nitrogen and oxygen atoms in total. The molecule has 1 heterocycles. The molecule has 1 aromatic heterocycles. The number of nitrogens with zero attached hydrogens (tertiary/aromatic N) is 2. The molecule has 2 rings (SSSR count). The van der Waals surface area contributed by atoms with E-state index in [1.807, 2.05) is 30.8 Å². The Kier molecular flexibility index (Phi) is 13.3. The summed E-state index contributed by atoms with van der Waals surface area (Å²) in [5.74, 6) is 2.72. The van der Waals surface area contributed by atoms with E-state index in [1.54, 1.807) is 23.5 Å². The standard InChI is InChI=1S/C26H42N4O2S3/c1-6-13-27-17-26-30-22(23(7-2)34-26)18-33-16-15-29-25(28-14-12-20(3)4)19-35(31,32)24-11-9-8-10-21(24)5/h8-11,20,27H,6-7,12-19H2,1-5H3,(H,28,29). The summed E-state index contributed by atoms with van der Waals surface area (Å²) < 4.78 is 26.1. The minimum atomic E-state index is -3.46. The smallest absolute Gasteiger partial charge is 0.185 e. The Labute approximate surface area is 220 Å². The van der Waals surface area contributed by atoms with Gasteiger partial charge in [0.2, 0.25) is 0 Å². The van der Waals surface area contributed by atoms with Gasteiger partial charge in [0.1, 0.15) is 16.6 Å². The molecule has 9 heteroatoms. The van der Waals surface area contributed by atoms with Crippen LogP contribution in [0.4, 0.5) is 0 Å². The summed E-state index contributed by atoms with van der Waals surface area (Å²) in [4.78, 5) is 11.2. The first-order valence-electron chi connectivity index (χ1n) is 12.6. The van der Waals surface area contributed by atoms with Gasteiger partial charge < -0.3 is 10.6 Å². The Morgan fingerprint density at radius 2 is 1.97 bits per heavy atom. The van der Waals surface area contributed by atoms with Crippen LogP contribution in [0.2, 0.25) is 0 Å². The van der Waals surface area contributed by atoms with Crippen LogP contribution in [-0.4, -0.2) is 50.4 Å². The van der Waals surface area contributed by atoms with Crippen LogP contribution in [0.5, 0.6) is 0 Å². The van der Waals surface area contributed by atoms with E-state index in [2.05, 4.69) is 43.3 Å². The van der Waals surface area contributed by atoms with Gasteiger partial charge in [-0.25, -0.2) is 13.4 Å². The van der Waals surface area contributed by atoms with Gasteiger partial charge in [0.25, 0.3) is 0 Å². The van der Waals surface area contributed by atoms with Crippen LogP contribution in [0, 0.1) is 12.8 Å². The number of aryl methyl sites for hydroxylation is 2. The molecule has 0 fully saturated rings. The highest BCUT2D eigenvalue weighted by Gasteiger charge is 2.19. The number of aromatic nitrogens is 1. The van der Waals surface area contributed by atoms with Gasteiger partial charge in [-0.3, -0.25) is 4.99 Å². The first kappa shape index (κ1) is 29.8. The van der Waals surface area contributed by atoms with E-state index < -0.39 is 9.84 Å². The Bertz CT molecular complexity index is 1030. The zero-order valence-corrected chi connectivity index (χ0v) is 24.3. The van der Waals surface area contributed by atoms with Crippen molar-refractivity contribution in [2.75, 3.05) is 31.1 Å². The first-order valence-corrected chi connectivity index (χ1v) is 16.2. The third-order valence-electron chi connectivity index (χ3n) is 5.43. The van der Waals surface area contributed by atoms with Crippen molar-refractivity contribution in [1.29, 1.82) is 0 Å². The summed E-state index contributed by atoms with van der Waals surface area (Å²) in [5, 5.41) is 7.90. The third kappa shape index (κ3) is 10.6. The number of hydrogen-bond acceptors (Lipinski definition) is 7. The molecule has 0 spiro atoms. The van der Waals surface area contributed by atoms with Crippen LogP contribution >= 0.6 is 23.1 Å². The molecule has 0 saturated carbocycles. The second-order valence-corrected chi connectivity index (χ2v) is 13.3. The molecule has 0 amide bonds. The van der Waals surface area contributed by atoms with Gasteiger partial charge in [-0.15, -0.1) is 11.3 Å². The Morgan fingerprint density at radius 3 is 2.66 bits per heavy atom. The highest BCUT2D eigenvalue weighted by molar-refractivity contribution is 7.98. The van der Waals surface area contributed by atoms with Crippen LogP contribution in [0.3, 0.4) is 0 Å². The maximum absolute atomic E-state index is 13.1. The molecule has 2 aromatic rings. The Hall–Kier alpha value is -1.42. The van der Waals surface area contributed by atoms with Gasteiger partial charge >= 0.3 is 0 Å². The zero-order chi connectivity index (χ0) is 25.7. The van der Waals surface area contributed by atoms with Crippen molar-refractivity contribution in [2.45, 2.75) is 71.1 Å². The molecule has 2 N–H and O–H groups in total. The number of benzene rings is 1. The van der Waals surface area contributed by atoms with Crippen molar-refractivity contribution in [3.8, 4) is 0 Å². The van der Waals surface area contributed by atoms with Crippen LogP contribution in [0.25, 0.3) is 0 Å². The van der Waals surface area contributed by atoms with E-state index in [0.29, 0.717) is 29.7 Å². The maximum Gasteiger partial charge on any atom is 0.185 e. The minimum absolute atomic E-state index is 0.0964. The van der Waals surface area contributed by atoms with E-state index in [-0.39, 0.29) is 5.75 Å². The van der Waals surface area contributed by atoms with Gasteiger partial charge in [0, 0.05) is 36.0 Å².